The molecule has 3 heteroatoms. The Balaban J connectivity index is 2.83. The average Bonchev–Trinajstić information content (AvgIpc) is 1.80. The zero-order chi connectivity index (χ0) is 7.11. The van der Waals surface area contributed by atoms with Gasteiger partial charge in [0.25, 0.3) is 0 Å². The third-order valence-electron chi connectivity index (χ3n) is 0.824. The fourth-order valence-corrected chi connectivity index (χ4v) is 0.444. The summed E-state index contributed by atoms with van der Waals surface area (Å²) in [6.45, 7) is 5.35. The maximum Gasteiger partial charge on any atom is 0.216 e. The van der Waals surface area contributed by atoms with Gasteiger partial charge in [-0.3, -0.25) is 4.79 Å². The van der Waals surface area contributed by atoms with Crippen LogP contribution >= 0.6 is 0 Å². The van der Waals surface area contributed by atoms with E-state index < -0.39 is 0 Å². The van der Waals surface area contributed by atoms with E-state index in [0.29, 0.717) is 19.8 Å². The summed E-state index contributed by atoms with van der Waals surface area (Å²) in [5.74, 6) is -0.00490. The molecular weight excluding hydrogens is 118 g/mol. The highest BCUT2D eigenvalue weighted by atomic mass is 16.5. The van der Waals surface area contributed by atoms with Gasteiger partial charge in [0.15, 0.2) is 0 Å². The van der Waals surface area contributed by atoms with E-state index in [0.717, 1.165) is 0 Å². The van der Waals surface area contributed by atoms with Gasteiger partial charge in [-0.15, -0.1) is 0 Å². The molecule has 1 N–H and O–H groups in total. The molecule has 0 spiro atoms. The number of nitrogens with one attached hydrogen (secondary N) is 1. The Morgan fingerprint density at radius 3 is 2.78 bits per heavy atom. The van der Waals surface area contributed by atoms with E-state index in [1.807, 2.05) is 6.92 Å². The molecular formula is C6H13NO2. The van der Waals surface area contributed by atoms with Crippen LogP contribution in [0.25, 0.3) is 0 Å². The summed E-state index contributed by atoms with van der Waals surface area (Å²) >= 11 is 0. The second-order valence-corrected chi connectivity index (χ2v) is 1.68. The van der Waals surface area contributed by atoms with Crippen molar-refractivity contribution in [1.29, 1.82) is 0 Å². The molecule has 0 heterocycles. The molecule has 0 saturated carbocycles. The second kappa shape index (κ2) is 5.56. The van der Waals surface area contributed by atoms with E-state index in [-0.39, 0.29) is 5.91 Å². The van der Waals surface area contributed by atoms with Gasteiger partial charge in [0, 0.05) is 20.1 Å². The van der Waals surface area contributed by atoms with E-state index in [9.17, 15) is 4.79 Å². The molecule has 1 amide bonds. The van der Waals surface area contributed by atoms with Crippen molar-refractivity contribution < 1.29 is 9.53 Å². The maximum atomic E-state index is 10.2. The molecule has 0 fully saturated rings. The highest BCUT2D eigenvalue weighted by Crippen LogP contribution is 1.69. The van der Waals surface area contributed by atoms with E-state index >= 15 is 0 Å². The first-order valence-electron chi connectivity index (χ1n) is 3.09. The fraction of sp³-hybridized carbons (Fsp3) is 0.833. The minimum absolute atomic E-state index is 0.00490. The summed E-state index contributed by atoms with van der Waals surface area (Å²) in [5, 5.41) is 2.62. The van der Waals surface area contributed by atoms with Crippen molar-refractivity contribution in [2.45, 2.75) is 13.8 Å². The van der Waals surface area contributed by atoms with Crippen molar-refractivity contribution in [3.8, 4) is 0 Å². The van der Waals surface area contributed by atoms with Crippen molar-refractivity contribution in [2.24, 2.45) is 0 Å². The fourth-order valence-electron chi connectivity index (χ4n) is 0.444. The van der Waals surface area contributed by atoms with Crippen LogP contribution in [0.4, 0.5) is 0 Å². The van der Waals surface area contributed by atoms with Crippen LogP contribution in [0.1, 0.15) is 13.8 Å². The predicted octanol–water partition coefficient (Wildman–Crippen LogP) is 0.159. The molecule has 9 heavy (non-hydrogen) atoms. The minimum Gasteiger partial charge on any atom is -0.380 e. The van der Waals surface area contributed by atoms with Gasteiger partial charge in [0.1, 0.15) is 0 Å². The lowest BCUT2D eigenvalue weighted by Crippen LogP contribution is -2.24. The average molecular weight is 131 g/mol. The zero-order valence-electron chi connectivity index (χ0n) is 5.94. The SMILES string of the molecule is CCOCCNC(C)=O. The number of carbonyl (C=O) groups is 1. The standard InChI is InChI=1S/C6H13NO2/c1-3-9-5-4-7-6(2)8/h3-5H2,1-2H3,(H,7,8). The maximum absolute atomic E-state index is 10.2. The van der Waals surface area contributed by atoms with Gasteiger partial charge in [-0.2, -0.15) is 0 Å². The first kappa shape index (κ1) is 8.43. The number of hydrogen-bond acceptors (Lipinski definition) is 2. The Labute approximate surface area is 55.4 Å². The topological polar surface area (TPSA) is 38.3 Å². The van der Waals surface area contributed by atoms with E-state index in [4.69, 9.17) is 4.74 Å². The lowest BCUT2D eigenvalue weighted by Gasteiger charge is -2.00. The minimum atomic E-state index is -0.00490. The summed E-state index contributed by atoms with van der Waals surface area (Å²) in [7, 11) is 0. The molecule has 3 nitrogen and oxygen atoms in total. The first-order valence-corrected chi connectivity index (χ1v) is 3.09. The van der Waals surface area contributed by atoms with Crippen LogP contribution in [0.3, 0.4) is 0 Å². The first-order chi connectivity index (χ1) is 4.27. The molecule has 0 unspecified atom stereocenters. The van der Waals surface area contributed by atoms with Gasteiger partial charge < -0.3 is 10.1 Å². The highest BCUT2D eigenvalue weighted by Gasteiger charge is 1.87. The Kier molecular flexibility index (Phi) is 5.21. The molecule has 0 aromatic carbocycles. The van der Waals surface area contributed by atoms with E-state index in [1.54, 1.807) is 0 Å². The van der Waals surface area contributed by atoms with Crippen LogP contribution in [-0.4, -0.2) is 25.7 Å². The van der Waals surface area contributed by atoms with Gasteiger partial charge in [-0.1, -0.05) is 0 Å². The molecule has 0 bridgehead atoms. The monoisotopic (exact) mass is 131 g/mol. The Morgan fingerprint density at radius 2 is 2.33 bits per heavy atom. The van der Waals surface area contributed by atoms with Gasteiger partial charge in [0.2, 0.25) is 5.91 Å². The third-order valence-corrected chi connectivity index (χ3v) is 0.824. The van der Waals surface area contributed by atoms with Crippen LogP contribution in [-0.2, 0) is 9.53 Å². The summed E-state index contributed by atoms with van der Waals surface area (Å²) in [4.78, 5) is 10.2. The summed E-state index contributed by atoms with van der Waals surface area (Å²) in [6, 6.07) is 0. The molecule has 0 atom stereocenters. The molecule has 0 aliphatic rings. The Hall–Kier alpha value is -0.570. The van der Waals surface area contributed by atoms with Crippen molar-refractivity contribution in [1.82, 2.24) is 5.32 Å². The summed E-state index contributed by atoms with van der Waals surface area (Å²) in [5.41, 5.74) is 0. The van der Waals surface area contributed by atoms with Crippen molar-refractivity contribution in [3.63, 3.8) is 0 Å². The van der Waals surface area contributed by atoms with Gasteiger partial charge >= 0.3 is 0 Å². The number of hydrogen-bond donors (Lipinski definition) is 1. The van der Waals surface area contributed by atoms with Gasteiger partial charge in [-0.25, -0.2) is 0 Å². The van der Waals surface area contributed by atoms with Crippen LogP contribution in [0.15, 0.2) is 0 Å². The zero-order valence-corrected chi connectivity index (χ0v) is 5.94. The molecule has 0 aliphatic carbocycles. The van der Waals surface area contributed by atoms with Gasteiger partial charge in [-0.05, 0) is 6.92 Å². The summed E-state index contributed by atoms with van der Waals surface area (Å²) < 4.78 is 4.97. The smallest absolute Gasteiger partial charge is 0.216 e. The molecule has 0 rings (SSSR count). The van der Waals surface area contributed by atoms with Crippen molar-refractivity contribution in [3.05, 3.63) is 0 Å². The molecule has 0 aromatic heterocycles. The number of rotatable bonds is 4. The van der Waals surface area contributed by atoms with Crippen molar-refractivity contribution >= 4 is 5.91 Å². The quantitative estimate of drug-likeness (QED) is 0.552. The number of amides is 1. The van der Waals surface area contributed by atoms with Crippen LogP contribution in [0.2, 0.25) is 0 Å². The van der Waals surface area contributed by atoms with Crippen molar-refractivity contribution in [2.75, 3.05) is 19.8 Å². The highest BCUT2D eigenvalue weighted by molar-refractivity contribution is 5.72. The predicted molar refractivity (Wildman–Crippen MR) is 35.2 cm³/mol. The Morgan fingerprint density at radius 1 is 1.67 bits per heavy atom. The largest absolute Gasteiger partial charge is 0.380 e. The van der Waals surface area contributed by atoms with E-state index in [2.05, 4.69) is 5.32 Å². The van der Waals surface area contributed by atoms with Crippen LogP contribution in [0, 0.1) is 0 Å². The lowest BCUT2D eigenvalue weighted by atomic mass is 10.6. The number of ether oxygens (including phenoxy) is 1. The van der Waals surface area contributed by atoms with E-state index in [1.165, 1.54) is 6.92 Å². The molecule has 0 aliphatic heterocycles. The van der Waals surface area contributed by atoms with Gasteiger partial charge in [0.05, 0.1) is 6.61 Å². The lowest BCUT2D eigenvalue weighted by molar-refractivity contribution is -0.119. The summed E-state index contributed by atoms with van der Waals surface area (Å²) in [6.07, 6.45) is 0. The molecule has 54 valence electrons. The second-order valence-electron chi connectivity index (χ2n) is 1.68. The third kappa shape index (κ3) is 7.43. The van der Waals surface area contributed by atoms with Crippen LogP contribution in [0.5, 0.6) is 0 Å². The normalized spacial score (nSPS) is 9.11. The Bertz CT molecular complexity index is 83.1. The molecule has 0 aromatic rings. The molecule has 0 radical (unpaired) electrons. The van der Waals surface area contributed by atoms with Crippen LogP contribution < -0.4 is 5.32 Å². The molecule has 0 saturated heterocycles. The number of carbonyl (C=O) groups excluding carboxylic acids is 1.